The van der Waals surface area contributed by atoms with E-state index in [1.807, 2.05) is 217 Å². The molecule has 0 amide bonds. The minimum Gasteiger partial charge on any atom is -0.497 e. The van der Waals surface area contributed by atoms with Crippen molar-refractivity contribution in [1.82, 2.24) is 93.9 Å². The van der Waals surface area contributed by atoms with Gasteiger partial charge in [0.25, 0.3) is 0 Å². The zero-order valence-corrected chi connectivity index (χ0v) is 85.3. The molecule has 3 aliphatic rings. The van der Waals surface area contributed by atoms with Crippen LogP contribution in [0.4, 0.5) is 58.7 Å². The second kappa shape index (κ2) is 46.0. The van der Waals surface area contributed by atoms with E-state index in [2.05, 4.69) is 142 Å². The third-order valence-corrected chi connectivity index (χ3v) is 26.8. The number of pyridine rings is 2. The van der Waals surface area contributed by atoms with E-state index in [1.54, 1.807) is 125 Å². The fourth-order valence-electron chi connectivity index (χ4n) is 18.7. The van der Waals surface area contributed by atoms with E-state index < -0.39 is 12.7 Å². The highest BCUT2D eigenvalue weighted by Gasteiger charge is 2.43. The van der Waals surface area contributed by atoms with Crippen LogP contribution >= 0.6 is 0 Å². The van der Waals surface area contributed by atoms with Gasteiger partial charge in [0.1, 0.15) is 46.0 Å². The SMILES string of the molecule is COc1cc(OC)cc(N(CC2CCN(CC(F)(F)F)CC2)c2ccc3ncc(-c4cnn(C)c4)nc3c2)c1.COc1cc(OC)cc(N(CCC#Cc2ccccc2)c2ccc3ncc(-c4cnn(C)c4)nc3c2)c1.COc1cc(OC)cc(N(C[C@@H]2C[C@H]2c2ccccn2)c2ccc3ncc(-c4cnn(C)c4)nc3c2)c1.COc1cc(OC)cc(N(C[C@H]2C[C@@H]2c2ccccn2)c2ccc3ncc(-c4cnn(C)c4)nc3c2)c1. The number of aryl methyl sites for hydroxylation is 4. The first kappa shape index (κ1) is 101. The van der Waals surface area contributed by atoms with Crippen LogP contribution in [0.2, 0.25) is 0 Å². The summed E-state index contributed by atoms with van der Waals surface area (Å²) < 4.78 is 90.2. The molecule has 4 atom stereocenters. The summed E-state index contributed by atoms with van der Waals surface area (Å²) in [6.45, 7) is 2.92. The molecule has 22 rings (SSSR count). The Hall–Kier alpha value is -17.6. The molecule has 0 spiro atoms. The summed E-state index contributed by atoms with van der Waals surface area (Å²) in [5.74, 6) is 14.3. The summed E-state index contributed by atoms with van der Waals surface area (Å²) in [7, 11) is 20.7. The van der Waals surface area contributed by atoms with Gasteiger partial charge in [-0.2, -0.15) is 33.6 Å². The van der Waals surface area contributed by atoms with Gasteiger partial charge in [-0.25, -0.2) is 19.9 Å². The van der Waals surface area contributed by atoms with Crippen molar-refractivity contribution in [2.24, 2.45) is 45.9 Å². The molecule has 9 aromatic carbocycles. The lowest BCUT2D eigenvalue weighted by atomic mass is 9.95. The van der Waals surface area contributed by atoms with Crippen molar-refractivity contribution < 1.29 is 51.1 Å². The van der Waals surface area contributed by atoms with E-state index in [-0.39, 0.29) is 5.92 Å². The number of ether oxygens (including phenoxy) is 8. The molecule has 11 heterocycles. The van der Waals surface area contributed by atoms with Gasteiger partial charge in [0.05, 0.1) is 180 Å². The number of hydrogen-bond acceptors (Lipinski definition) is 27. The van der Waals surface area contributed by atoms with Crippen LogP contribution in [0, 0.1) is 29.6 Å². The number of anilines is 8. The largest absolute Gasteiger partial charge is 0.497 e. The zero-order valence-electron chi connectivity index (χ0n) is 85.3. The van der Waals surface area contributed by atoms with Crippen LogP contribution in [0.25, 0.3) is 89.2 Å². The van der Waals surface area contributed by atoms with Crippen LogP contribution in [-0.4, -0.2) is 203 Å². The highest BCUT2D eigenvalue weighted by Crippen LogP contribution is 2.52. The first-order valence-electron chi connectivity index (χ1n) is 49.3. The Morgan fingerprint density at radius 2 is 0.633 bits per heavy atom. The van der Waals surface area contributed by atoms with E-state index in [0.717, 1.165) is 201 Å². The summed E-state index contributed by atoms with van der Waals surface area (Å²) in [4.78, 5) is 57.8. The molecule has 10 aromatic heterocycles. The number of methoxy groups -OCH3 is 8. The van der Waals surface area contributed by atoms with Gasteiger partial charge >= 0.3 is 6.18 Å². The van der Waals surface area contributed by atoms with Crippen molar-refractivity contribution in [2.45, 2.75) is 50.1 Å². The minimum absolute atomic E-state index is 0.204. The number of nitrogens with zero attached hydrogens (tertiary/aromatic N) is 23. The Kier molecular flexibility index (Phi) is 31.0. The van der Waals surface area contributed by atoms with E-state index in [9.17, 15) is 13.2 Å². The number of likely N-dealkylation sites (tertiary alicyclic amines) is 1. The van der Waals surface area contributed by atoms with Gasteiger partial charge in [-0.15, -0.1) is 0 Å². The fraction of sp³-hybridized carbons (Fsp3) is 0.259. The summed E-state index contributed by atoms with van der Waals surface area (Å²) in [5.41, 5.74) is 24.3. The molecule has 0 N–H and O–H groups in total. The quantitative estimate of drug-likeness (QED) is 0.0365. The molecule has 0 bridgehead atoms. The second-order valence-electron chi connectivity index (χ2n) is 37.1. The lowest BCUT2D eigenvalue weighted by Crippen LogP contribution is -2.42. The number of halogens is 3. The van der Waals surface area contributed by atoms with Gasteiger partial charge in [0, 0.05) is 267 Å². The average Bonchev–Trinajstić information content (AvgIpc) is 1.61. The topological polar surface area (TPSA) is 290 Å². The summed E-state index contributed by atoms with van der Waals surface area (Å²) in [6.07, 6.45) is 25.7. The van der Waals surface area contributed by atoms with Gasteiger partial charge < -0.3 is 57.5 Å². The van der Waals surface area contributed by atoms with Crippen molar-refractivity contribution in [1.29, 1.82) is 0 Å². The van der Waals surface area contributed by atoms with Gasteiger partial charge in [-0.05, 0) is 166 Å². The molecule has 2 aliphatic carbocycles. The third kappa shape index (κ3) is 24.8. The second-order valence-corrected chi connectivity index (χ2v) is 37.1. The molecule has 0 unspecified atom stereocenters. The molecule has 0 radical (unpaired) electrons. The molecule has 19 aromatic rings. The van der Waals surface area contributed by atoms with Crippen LogP contribution in [0.5, 0.6) is 46.0 Å². The van der Waals surface area contributed by atoms with E-state index in [0.29, 0.717) is 92.1 Å². The highest BCUT2D eigenvalue weighted by atomic mass is 19.4. The maximum atomic E-state index is 12.9. The molecular formula is C116H114F3N23O8. The molecule has 2 saturated carbocycles. The monoisotopic (exact) mass is 2010 g/mol. The predicted octanol–water partition coefficient (Wildman–Crippen LogP) is 21.9. The molecule has 150 heavy (non-hydrogen) atoms. The van der Waals surface area contributed by atoms with Crippen LogP contribution in [-0.2, 0) is 28.2 Å². The maximum absolute atomic E-state index is 12.9. The molecule has 34 heteroatoms. The Bertz CT molecular complexity index is 7650. The number of piperidine rings is 1. The number of fused-ring (bicyclic) bond motifs is 4. The number of alkyl halides is 3. The Labute approximate surface area is 866 Å². The number of aromatic nitrogens is 18. The predicted molar refractivity (Wildman–Crippen MR) is 576 cm³/mol. The molecule has 31 nitrogen and oxygen atoms in total. The molecule has 762 valence electrons. The minimum atomic E-state index is -4.18. The number of rotatable bonds is 31. The first-order valence-corrected chi connectivity index (χ1v) is 49.3. The summed E-state index contributed by atoms with van der Waals surface area (Å²) in [5, 5.41) is 17.0. The first-order chi connectivity index (χ1) is 73.0. The molecule has 1 saturated heterocycles. The maximum Gasteiger partial charge on any atom is 0.401 e. The van der Waals surface area contributed by atoms with Crippen molar-refractivity contribution in [3.63, 3.8) is 0 Å². The standard InChI is InChI=1S/C30H27N5O2.2C29H28N6O2.C28H31F3N6O2/c1-34-21-23(19-32-34)30-20-31-28-13-12-24(17-29(28)33-30)35(14-8-7-11-22-9-5-4-6-10-22)25-15-26(36-2)18-27(16-25)37-3;2*1-34-17-20(15-32-34)29-16-31-27-8-7-21(13-28(27)33-29)35(22-11-23(36-2)14-24(12-22)37-3)18-19-10-25(19)26-6-4-5-9-30-26;1-35-17-20(14-33-35)27-15-32-25-5-4-21(12-26(25)34-27)37(22-10-23(38-2)13-24(11-22)39-3)16-19-6-8-36(9-7-19)18-28(29,30)31/h4-6,9-10,12-13,15-21H,8,14H2,1-3H3;2*4-9,11-17,19,25H,10,18H2,1-3H3;4-5,10-15,17,19H,6-9,16,18H2,1-3H3/t;2*19-,25+;/m.10./s1. The zero-order chi connectivity index (χ0) is 104. The van der Waals surface area contributed by atoms with E-state index >= 15 is 0 Å². The van der Waals surface area contributed by atoms with Crippen LogP contribution in [0.15, 0.2) is 299 Å². The lowest BCUT2D eigenvalue weighted by molar-refractivity contribution is -0.148. The van der Waals surface area contributed by atoms with Crippen molar-refractivity contribution in [3.05, 3.63) is 316 Å². The van der Waals surface area contributed by atoms with Crippen LogP contribution in [0.3, 0.4) is 0 Å². The Morgan fingerprint density at radius 3 is 0.927 bits per heavy atom. The third-order valence-electron chi connectivity index (χ3n) is 26.8. The van der Waals surface area contributed by atoms with Crippen LogP contribution in [0.1, 0.15) is 60.9 Å². The molecule has 3 fully saturated rings. The van der Waals surface area contributed by atoms with Crippen molar-refractivity contribution >= 4 is 89.6 Å². The van der Waals surface area contributed by atoms with Gasteiger partial charge in [-0.1, -0.05) is 42.2 Å². The van der Waals surface area contributed by atoms with E-state index in [4.69, 9.17) is 57.8 Å². The Morgan fingerprint density at radius 1 is 0.327 bits per heavy atom. The normalized spacial score (nSPS) is 14.7. The number of hydrogen-bond donors (Lipinski definition) is 0. The number of benzene rings is 9. The molecule has 1 aliphatic heterocycles. The summed E-state index contributed by atoms with van der Waals surface area (Å²) >= 11 is 0. The van der Waals surface area contributed by atoms with E-state index in [1.165, 1.54) is 4.90 Å². The van der Waals surface area contributed by atoms with Crippen molar-refractivity contribution in [2.75, 3.05) is 122 Å². The lowest BCUT2D eigenvalue weighted by Gasteiger charge is -2.36. The van der Waals surface area contributed by atoms with Crippen molar-refractivity contribution in [3.8, 4) is 103 Å². The van der Waals surface area contributed by atoms with Gasteiger partial charge in [-0.3, -0.25) is 53.5 Å². The Balaban J connectivity index is 0.000000125. The smallest absolute Gasteiger partial charge is 0.401 e. The van der Waals surface area contributed by atoms with Gasteiger partial charge in [0.2, 0.25) is 0 Å². The summed E-state index contributed by atoms with van der Waals surface area (Å²) in [6, 6.07) is 70.3. The fourth-order valence-corrected chi connectivity index (χ4v) is 18.7. The highest BCUT2D eigenvalue weighted by molar-refractivity contribution is 5.88. The van der Waals surface area contributed by atoms with Gasteiger partial charge in [0.15, 0.2) is 0 Å². The van der Waals surface area contributed by atoms with Crippen LogP contribution < -0.4 is 57.5 Å². The molecular weight excluding hydrogens is 1900 g/mol. The average molecular weight is 2020 g/mol.